The number of amides is 1. The number of benzene rings is 1. The van der Waals surface area contributed by atoms with Crippen molar-refractivity contribution in [3.63, 3.8) is 0 Å². The van der Waals surface area contributed by atoms with Gasteiger partial charge in [-0.25, -0.2) is 0 Å². The highest BCUT2D eigenvalue weighted by Gasteiger charge is 2.24. The smallest absolute Gasteiger partial charge is 0.253 e. The zero-order valence-electron chi connectivity index (χ0n) is 11.8. The molecule has 1 fully saturated rings. The molecule has 0 spiro atoms. The van der Waals surface area contributed by atoms with Crippen LogP contribution in [0.3, 0.4) is 0 Å². The molecular formula is C16H20N2O2. The number of piperidine rings is 1. The lowest BCUT2D eigenvalue weighted by Gasteiger charge is -2.32. The molecule has 1 aromatic carbocycles. The molecule has 1 saturated heterocycles. The Morgan fingerprint density at radius 3 is 2.85 bits per heavy atom. The van der Waals surface area contributed by atoms with Crippen LogP contribution in [0.4, 0.5) is 0 Å². The molecule has 0 radical (unpaired) electrons. The Hall–Kier alpha value is -1.86. The fraction of sp³-hybridized carbons (Fsp3) is 0.500. The van der Waals surface area contributed by atoms with Gasteiger partial charge in [0.15, 0.2) is 0 Å². The summed E-state index contributed by atoms with van der Waals surface area (Å²) in [5, 5.41) is 8.77. The molecule has 0 unspecified atom stereocenters. The van der Waals surface area contributed by atoms with Crippen molar-refractivity contribution in [3.05, 3.63) is 35.4 Å². The van der Waals surface area contributed by atoms with Crippen LogP contribution in [-0.2, 0) is 4.74 Å². The molecule has 1 aliphatic heterocycles. The lowest BCUT2D eigenvalue weighted by molar-refractivity contribution is 0.0501. The first kappa shape index (κ1) is 14.5. The topological polar surface area (TPSA) is 53.3 Å². The maximum Gasteiger partial charge on any atom is 0.253 e. The highest BCUT2D eigenvalue weighted by Crippen LogP contribution is 2.19. The van der Waals surface area contributed by atoms with Gasteiger partial charge >= 0.3 is 0 Å². The SMILES string of the molecule is CCOC[C@@H]1CCCN(C(=O)c2ccc(C#N)cc2)C1. The van der Waals surface area contributed by atoms with Crippen LogP contribution in [0.5, 0.6) is 0 Å². The molecule has 2 rings (SSSR count). The Balaban J connectivity index is 1.98. The summed E-state index contributed by atoms with van der Waals surface area (Å²) in [6.07, 6.45) is 2.15. The fourth-order valence-electron chi connectivity index (χ4n) is 2.54. The summed E-state index contributed by atoms with van der Waals surface area (Å²) >= 11 is 0. The van der Waals surface area contributed by atoms with Crippen molar-refractivity contribution in [1.82, 2.24) is 4.90 Å². The number of carbonyl (C=O) groups is 1. The number of nitriles is 1. The molecular weight excluding hydrogens is 252 g/mol. The van der Waals surface area contributed by atoms with Crippen molar-refractivity contribution < 1.29 is 9.53 Å². The normalized spacial score (nSPS) is 18.6. The molecule has 0 saturated carbocycles. The number of hydrogen-bond acceptors (Lipinski definition) is 3. The summed E-state index contributed by atoms with van der Waals surface area (Å²) in [5.41, 5.74) is 1.23. The van der Waals surface area contributed by atoms with Gasteiger partial charge in [0.1, 0.15) is 0 Å². The Morgan fingerprint density at radius 2 is 2.20 bits per heavy atom. The fourth-order valence-corrected chi connectivity index (χ4v) is 2.54. The van der Waals surface area contributed by atoms with Gasteiger partial charge in [-0.15, -0.1) is 0 Å². The number of carbonyl (C=O) groups excluding carboxylic acids is 1. The van der Waals surface area contributed by atoms with Gasteiger partial charge in [-0.2, -0.15) is 5.26 Å². The van der Waals surface area contributed by atoms with E-state index in [2.05, 4.69) is 6.07 Å². The van der Waals surface area contributed by atoms with Gasteiger partial charge in [0.2, 0.25) is 0 Å². The van der Waals surface area contributed by atoms with Crippen molar-refractivity contribution >= 4 is 5.91 Å². The second-order valence-corrected chi connectivity index (χ2v) is 5.11. The van der Waals surface area contributed by atoms with E-state index in [0.29, 0.717) is 17.0 Å². The summed E-state index contributed by atoms with van der Waals surface area (Å²) in [7, 11) is 0. The molecule has 1 aliphatic rings. The van der Waals surface area contributed by atoms with Crippen molar-refractivity contribution in [2.45, 2.75) is 19.8 Å². The lowest BCUT2D eigenvalue weighted by Crippen LogP contribution is -2.41. The average Bonchev–Trinajstić information content (AvgIpc) is 2.52. The van der Waals surface area contributed by atoms with Gasteiger partial charge in [0, 0.05) is 25.3 Å². The van der Waals surface area contributed by atoms with Crippen LogP contribution in [0.2, 0.25) is 0 Å². The predicted molar refractivity (Wildman–Crippen MR) is 76.3 cm³/mol. The molecule has 1 heterocycles. The number of likely N-dealkylation sites (tertiary alicyclic amines) is 1. The molecule has 0 aromatic heterocycles. The van der Waals surface area contributed by atoms with E-state index in [4.69, 9.17) is 10.00 Å². The third-order valence-electron chi connectivity index (χ3n) is 3.62. The third kappa shape index (κ3) is 3.58. The van der Waals surface area contributed by atoms with Gasteiger partial charge in [0.25, 0.3) is 5.91 Å². The molecule has 0 aliphatic carbocycles. The standard InChI is InChI=1S/C16H20N2O2/c1-2-20-12-14-4-3-9-18(11-14)16(19)15-7-5-13(10-17)6-8-15/h5-8,14H,2-4,9,11-12H2,1H3/t14-/m1/s1. The Labute approximate surface area is 120 Å². The van der Waals surface area contributed by atoms with Crippen molar-refractivity contribution in [3.8, 4) is 6.07 Å². The second-order valence-electron chi connectivity index (χ2n) is 5.11. The van der Waals surface area contributed by atoms with Crippen molar-refractivity contribution in [1.29, 1.82) is 5.26 Å². The van der Waals surface area contributed by atoms with E-state index in [9.17, 15) is 4.79 Å². The van der Waals surface area contributed by atoms with Gasteiger partial charge in [-0.3, -0.25) is 4.79 Å². The summed E-state index contributed by atoms with van der Waals surface area (Å²) < 4.78 is 5.46. The molecule has 106 valence electrons. The largest absolute Gasteiger partial charge is 0.381 e. The van der Waals surface area contributed by atoms with Crippen LogP contribution in [-0.4, -0.2) is 37.1 Å². The van der Waals surface area contributed by atoms with Gasteiger partial charge in [-0.05, 0) is 49.9 Å². The quantitative estimate of drug-likeness (QED) is 0.846. The number of rotatable bonds is 4. The van der Waals surface area contributed by atoms with E-state index in [1.165, 1.54) is 0 Å². The summed E-state index contributed by atoms with van der Waals surface area (Å²) in [4.78, 5) is 14.3. The second kappa shape index (κ2) is 7.06. The van der Waals surface area contributed by atoms with Crippen molar-refractivity contribution in [2.75, 3.05) is 26.3 Å². The average molecular weight is 272 g/mol. The molecule has 20 heavy (non-hydrogen) atoms. The first-order chi connectivity index (χ1) is 9.74. The first-order valence-electron chi connectivity index (χ1n) is 7.11. The highest BCUT2D eigenvalue weighted by atomic mass is 16.5. The zero-order chi connectivity index (χ0) is 14.4. The van der Waals surface area contributed by atoms with Gasteiger partial charge in [0.05, 0.1) is 18.2 Å². The minimum atomic E-state index is 0.0516. The molecule has 4 nitrogen and oxygen atoms in total. The van der Waals surface area contributed by atoms with E-state index in [1.807, 2.05) is 11.8 Å². The van der Waals surface area contributed by atoms with E-state index in [-0.39, 0.29) is 5.91 Å². The minimum absolute atomic E-state index is 0.0516. The zero-order valence-corrected chi connectivity index (χ0v) is 11.8. The van der Waals surface area contributed by atoms with Crippen LogP contribution >= 0.6 is 0 Å². The number of nitrogens with zero attached hydrogens (tertiary/aromatic N) is 2. The third-order valence-corrected chi connectivity index (χ3v) is 3.62. The van der Waals surface area contributed by atoms with E-state index < -0.39 is 0 Å². The minimum Gasteiger partial charge on any atom is -0.381 e. The molecule has 0 N–H and O–H groups in total. The Kier molecular flexibility index (Phi) is 5.14. The maximum absolute atomic E-state index is 12.4. The van der Waals surface area contributed by atoms with Crippen LogP contribution in [0, 0.1) is 17.2 Å². The number of hydrogen-bond donors (Lipinski definition) is 0. The van der Waals surface area contributed by atoms with Gasteiger partial charge < -0.3 is 9.64 Å². The van der Waals surface area contributed by atoms with E-state index in [1.54, 1.807) is 24.3 Å². The van der Waals surface area contributed by atoms with Crippen molar-refractivity contribution in [2.24, 2.45) is 5.92 Å². The summed E-state index contributed by atoms with van der Waals surface area (Å²) in [5.74, 6) is 0.488. The maximum atomic E-state index is 12.4. The van der Waals surface area contributed by atoms with E-state index in [0.717, 1.165) is 39.1 Å². The number of ether oxygens (including phenoxy) is 1. The van der Waals surface area contributed by atoms with Crippen LogP contribution in [0.1, 0.15) is 35.7 Å². The molecule has 0 bridgehead atoms. The summed E-state index contributed by atoms with van der Waals surface area (Å²) in [6.45, 7) is 5.01. The van der Waals surface area contributed by atoms with Crippen LogP contribution in [0.25, 0.3) is 0 Å². The Bertz CT molecular complexity index is 490. The lowest BCUT2D eigenvalue weighted by atomic mass is 9.98. The first-order valence-corrected chi connectivity index (χ1v) is 7.11. The summed E-state index contributed by atoms with van der Waals surface area (Å²) in [6, 6.07) is 8.90. The van der Waals surface area contributed by atoms with Gasteiger partial charge in [-0.1, -0.05) is 0 Å². The molecule has 4 heteroatoms. The monoisotopic (exact) mass is 272 g/mol. The molecule has 1 atom stereocenters. The highest BCUT2D eigenvalue weighted by molar-refractivity contribution is 5.94. The van der Waals surface area contributed by atoms with Crippen LogP contribution in [0.15, 0.2) is 24.3 Å². The van der Waals surface area contributed by atoms with E-state index >= 15 is 0 Å². The molecule has 1 aromatic rings. The Morgan fingerprint density at radius 1 is 1.45 bits per heavy atom. The molecule has 1 amide bonds. The van der Waals surface area contributed by atoms with Crippen LogP contribution < -0.4 is 0 Å². The predicted octanol–water partition coefficient (Wildman–Crippen LogP) is 2.45.